The fourth-order valence-corrected chi connectivity index (χ4v) is 12.8. The Labute approximate surface area is 327 Å². The van der Waals surface area contributed by atoms with Crippen molar-refractivity contribution in [1.29, 1.82) is 0 Å². The summed E-state index contributed by atoms with van der Waals surface area (Å²) in [5.41, 5.74) is 13.5. The van der Waals surface area contributed by atoms with Crippen LogP contribution >= 0.6 is 10.0 Å². The molecule has 2 aliphatic rings. The second kappa shape index (κ2) is 14.8. The highest BCUT2D eigenvalue weighted by Crippen LogP contribution is 2.81. The molecule has 0 spiro atoms. The van der Waals surface area contributed by atoms with Crippen LogP contribution in [0.1, 0.15) is 30.0 Å². The molecule has 0 saturated heterocycles. The van der Waals surface area contributed by atoms with E-state index in [1.54, 1.807) is 0 Å². The molecule has 7 aromatic rings. The van der Waals surface area contributed by atoms with Gasteiger partial charge >= 0.3 is 0 Å². The molecule has 0 fully saturated rings. The molecule has 0 radical (unpaired) electrons. The van der Waals surface area contributed by atoms with E-state index in [0.717, 1.165) is 35.4 Å². The number of fused-ring (bicyclic) bond motifs is 4. The molecule has 266 valence electrons. The molecule has 1 nitrogen and oxygen atoms in total. The molecule has 0 N–H and O–H groups in total. The summed E-state index contributed by atoms with van der Waals surface area (Å²) in [6.45, 7) is 6.06. The van der Waals surface area contributed by atoms with E-state index in [1.807, 2.05) is 19.1 Å². The molecule has 1 atom stereocenters. The van der Waals surface area contributed by atoms with Crippen LogP contribution in [0.5, 0.6) is 0 Å². The molecule has 0 bridgehead atoms. The smallest absolute Gasteiger partial charge is 0.0551 e. The van der Waals surface area contributed by atoms with E-state index >= 15 is 0 Å². The van der Waals surface area contributed by atoms with Gasteiger partial charge in [-0.15, -0.1) is 10.0 Å². The SMILES string of the molecule is C=C/C(=C\C=C/C)c1ccc(-c2ccc(N(c3ccccc3)c3cccc4c3-c3ccccc3S4(c3ccccc3)c3cccc4c3C=CCC4)cc2)cc1. The zero-order valence-corrected chi connectivity index (χ0v) is 31.9. The van der Waals surface area contributed by atoms with Gasteiger partial charge in [0.25, 0.3) is 0 Å². The van der Waals surface area contributed by atoms with Crippen molar-refractivity contribution in [2.75, 3.05) is 4.90 Å². The molecular formula is C53H43NS. The average Bonchev–Trinajstić information content (AvgIpc) is 3.56. The van der Waals surface area contributed by atoms with Crippen molar-refractivity contribution in [2.45, 2.75) is 39.3 Å². The van der Waals surface area contributed by atoms with Crippen LogP contribution in [0.15, 0.2) is 226 Å². The Morgan fingerprint density at radius 1 is 0.618 bits per heavy atom. The lowest BCUT2D eigenvalue weighted by Crippen LogP contribution is -2.11. The Morgan fingerprint density at radius 3 is 2.00 bits per heavy atom. The van der Waals surface area contributed by atoms with Crippen LogP contribution in [0.3, 0.4) is 0 Å². The van der Waals surface area contributed by atoms with Gasteiger partial charge in [0.15, 0.2) is 0 Å². The maximum absolute atomic E-state index is 4.03. The van der Waals surface area contributed by atoms with E-state index < -0.39 is 10.0 Å². The third-order valence-electron chi connectivity index (χ3n) is 10.9. The Morgan fingerprint density at radius 2 is 1.25 bits per heavy atom. The van der Waals surface area contributed by atoms with Gasteiger partial charge in [-0.2, -0.15) is 0 Å². The fourth-order valence-electron chi connectivity index (χ4n) is 8.38. The topological polar surface area (TPSA) is 3.24 Å². The molecule has 1 unspecified atom stereocenters. The van der Waals surface area contributed by atoms with Crippen LogP contribution in [0.2, 0.25) is 0 Å². The summed E-state index contributed by atoms with van der Waals surface area (Å²) < 4.78 is 0. The minimum atomic E-state index is -1.85. The number of hydrogen-bond acceptors (Lipinski definition) is 1. The number of nitrogens with zero attached hydrogens (tertiary/aromatic N) is 1. The van der Waals surface area contributed by atoms with E-state index in [0.29, 0.717) is 0 Å². The molecule has 55 heavy (non-hydrogen) atoms. The van der Waals surface area contributed by atoms with Crippen molar-refractivity contribution < 1.29 is 0 Å². The van der Waals surface area contributed by atoms with Gasteiger partial charge in [-0.25, -0.2) is 0 Å². The van der Waals surface area contributed by atoms with Gasteiger partial charge in [-0.1, -0.05) is 152 Å². The number of benzene rings is 7. The lowest BCUT2D eigenvalue weighted by Gasteiger charge is -2.41. The lowest BCUT2D eigenvalue weighted by molar-refractivity contribution is 0.973. The van der Waals surface area contributed by atoms with Gasteiger partial charge in [0.05, 0.1) is 5.69 Å². The number of para-hydroxylation sites is 1. The number of aryl methyl sites for hydroxylation is 1. The summed E-state index contributed by atoms with van der Waals surface area (Å²) >= 11 is 0. The number of rotatable bonds is 9. The Balaban J connectivity index is 1.23. The van der Waals surface area contributed by atoms with Gasteiger partial charge < -0.3 is 4.90 Å². The van der Waals surface area contributed by atoms with Gasteiger partial charge in [-0.05, 0) is 119 Å². The number of anilines is 3. The first-order valence-corrected chi connectivity index (χ1v) is 20.8. The summed E-state index contributed by atoms with van der Waals surface area (Å²) in [7, 11) is -1.85. The Bertz CT molecular complexity index is 2600. The molecule has 0 amide bonds. The van der Waals surface area contributed by atoms with Gasteiger partial charge in [0, 0.05) is 36.5 Å². The molecule has 0 aromatic heterocycles. The van der Waals surface area contributed by atoms with Crippen LogP contribution in [-0.2, 0) is 6.42 Å². The summed E-state index contributed by atoms with van der Waals surface area (Å²) in [6.07, 6.45) is 15.0. The van der Waals surface area contributed by atoms with Gasteiger partial charge in [0.2, 0.25) is 0 Å². The summed E-state index contributed by atoms with van der Waals surface area (Å²) in [6, 6.07) is 63.2. The van der Waals surface area contributed by atoms with E-state index in [9.17, 15) is 0 Å². The molecule has 1 heterocycles. The predicted molar refractivity (Wildman–Crippen MR) is 236 cm³/mol. The minimum Gasteiger partial charge on any atom is -0.310 e. The van der Waals surface area contributed by atoms with Crippen molar-refractivity contribution in [1.82, 2.24) is 0 Å². The largest absolute Gasteiger partial charge is 0.310 e. The third kappa shape index (κ3) is 5.91. The first-order chi connectivity index (χ1) is 27.2. The molecule has 9 rings (SSSR count). The van der Waals surface area contributed by atoms with Gasteiger partial charge in [-0.3, -0.25) is 0 Å². The third-order valence-corrected chi connectivity index (χ3v) is 14.9. The minimum absolute atomic E-state index is 1.07. The lowest BCUT2D eigenvalue weighted by atomic mass is 9.98. The summed E-state index contributed by atoms with van der Waals surface area (Å²) in [4.78, 5) is 8.04. The summed E-state index contributed by atoms with van der Waals surface area (Å²) in [5, 5.41) is 0. The van der Waals surface area contributed by atoms with Gasteiger partial charge in [0.1, 0.15) is 0 Å². The van der Waals surface area contributed by atoms with Crippen molar-refractivity contribution in [3.63, 3.8) is 0 Å². The standard InChI is InChI=1S/C53H43NS/c1-3-5-18-39(4-2)40-31-33-41(34-32-40)42-35-37-45(38-36-42)54(44-21-8-6-9-22-44)49-27-17-30-52-53(49)48-26-14-15-28-51(48)55(52,46-23-10-7-11-24-46)50-29-16-20-43-19-12-13-25-47(43)50/h3-11,13-18,20-38H,2,12,19H2,1H3/b5-3-,39-18+. The normalized spacial score (nSPS) is 16.9. The van der Waals surface area contributed by atoms with E-state index in [4.69, 9.17) is 0 Å². The quantitative estimate of drug-likeness (QED) is 0.134. The monoisotopic (exact) mass is 725 g/mol. The fraction of sp³-hybridized carbons (Fsp3) is 0.0566. The highest BCUT2D eigenvalue weighted by Gasteiger charge is 2.44. The molecule has 2 heteroatoms. The molecular weight excluding hydrogens is 683 g/mol. The van der Waals surface area contributed by atoms with E-state index in [-0.39, 0.29) is 0 Å². The number of allylic oxidation sites excluding steroid dienone is 6. The zero-order chi connectivity index (χ0) is 37.2. The van der Waals surface area contributed by atoms with Crippen LogP contribution in [0, 0.1) is 0 Å². The molecule has 7 aromatic carbocycles. The molecule has 1 aliphatic carbocycles. The van der Waals surface area contributed by atoms with Crippen LogP contribution < -0.4 is 4.90 Å². The zero-order valence-electron chi connectivity index (χ0n) is 31.1. The van der Waals surface area contributed by atoms with Crippen LogP contribution in [0.4, 0.5) is 17.1 Å². The van der Waals surface area contributed by atoms with E-state index in [1.165, 1.54) is 58.7 Å². The molecule has 0 saturated carbocycles. The summed E-state index contributed by atoms with van der Waals surface area (Å²) in [5.74, 6) is 0. The van der Waals surface area contributed by atoms with Crippen molar-refractivity contribution >= 4 is 38.7 Å². The maximum atomic E-state index is 4.03. The predicted octanol–water partition coefficient (Wildman–Crippen LogP) is 15.2. The highest BCUT2D eigenvalue weighted by molar-refractivity contribution is 8.34. The van der Waals surface area contributed by atoms with E-state index in [2.05, 4.69) is 206 Å². The average molecular weight is 726 g/mol. The highest BCUT2D eigenvalue weighted by atomic mass is 32.3. The van der Waals surface area contributed by atoms with Crippen LogP contribution in [0.25, 0.3) is 33.9 Å². The van der Waals surface area contributed by atoms with Crippen LogP contribution in [-0.4, -0.2) is 0 Å². The first-order valence-electron chi connectivity index (χ1n) is 19.1. The Kier molecular flexibility index (Phi) is 9.27. The van der Waals surface area contributed by atoms with Crippen molar-refractivity contribution in [3.05, 3.63) is 224 Å². The van der Waals surface area contributed by atoms with Crippen molar-refractivity contribution in [3.8, 4) is 22.3 Å². The maximum Gasteiger partial charge on any atom is 0.0551 e. The van der Waals surface area contributed by atoms with Crippen molar-refractivity contribution in [2.24, 2.45) is 0 Å². The first kappa shape index (κ1) is 34.4. The molecule has 1 aliphatic heterocycles. The second-order valence-corrected chi connectivity index (χ2v) is 17.0. The Hall–Kier alpha value is -6.35. The second-order valence-electron chi connectivity index (χ2n) is 14.0. The number of hydrogen-bond donors (Lipinski definition) is 0.